The number of ether oxygens (including phenoxy) is 4. The predicted molar refractivity (Wildman–Crippen MR) is 135 cm³/mol. The molecular formula is C28H30O8. The summed E-state index contributed by atoms with van der Waals surface area (Å²) in [5, 5.41) is 9.64. The Morgan fingerprint density at radius 1 is 0.667 bits per heavy atom. The first-order valence-electron chi connectivity index (χ1n) is 11.2. The normalized spacial score (nSPS) is 10.1. The molecule has 0 unspecified atom stereocenters. The molecule has 0 saturated carbocycles. The topological polar surface area (TPSA) is 108 Å². The largest absolute Gasteiger partial charge is 0.490 e. The monoisotopic (exact) mass is 494 g/mol. The highest BCUT2D eigenvalue weighted by atomic mass is 16.6. The molecule has 2 aromatic carbocycles. The highest BCUT2D eigenvalue weighted by molar-refractivity contribution is 6.00. The van der Waals surface area contributed by atoms with E-state index in [2.05, 4.69) is 13.2 Å². The van der Waals surface area contributed by atoms with E-state index in [9.17, 15) is 19.5 Å². The molecule has 8 nitrogen and oxygen atoms in total. The Morgan fingerprint density at radius 2 is 1.03 bits per heavy atom. The van der Waals surface area contributed by atoms with Crippen molar-refractivity contribution in [3.63, 3.8) is 0 Å². The number of benzene rings is 2. The molecule has 0 aliphatic rings. The summed E-state index contributed by atoms with van der Waals surface area (Å²) in [6.45, 7) is 12.2. The molecule has 190 valence electrons. The Balaban J connectivity index is 2.07. The van der Waals surface area contributed by atoms with Crippen molar-refractivity contribution in [3.05, 3.63) is 89.5 Å². The zero-order valence-corrected chi connectivity index (χ0v) is 20.7. The van der Waals surface area contributed by atoms with Crippen LogP contribution in [0.25, 0.3) is 5.57 Å². The Morgan fingerprint density at radius 3 is 1.33 bits per heavy atom. The fraction of sp³-hybridized carbons (Fsp3) is 0.250. The van der Waals surface area contributed by atoms with E-state index in [-0.39, 0.29) is 32.0 Å². The molecule has 0 aliphatic carbocycles. The molecule has 0 atom stereocenters. The van der Waals surface area contributed by atoms with Crippen LogP contribution in [-0.2, 0) is 23.9 Å². The van der Waals surface area contributed by atoms with E-state index < -0.39 is 17.9 Å². The van der Waals surface area contributed by atoms with E-state index in [1.165, 1.54) is 0 Å². The average molecular weight is 495 g/mol. The van der Waals surface area contributed by atoms with Gasteiger partial charge in [-0.3, -0.25) is 0 Å². The van der Waals surface area contributed by atoms with E-state index in [0.29, 0.717) is 39.3 Å². The van der Waals surface area contributed by atoms with E-state index in [4.69, 9.17) is 18.9 Å². The second kappa shape index (κ2) is 13.5. The van der Waals surface area contributed by atoms with Crippen LogP contribution in [0.15, 0.2) is 78.4 Å². The summed E-state index contributed by atoms with van der Waals surface area (Å²) in [5.41, 5.74) is 2.74. The van der Waals surface area contributed by atoms with Crippen LogP contribution in [0.4, 0.5) is 0 Å². The molecule has 0 fully saturated rings. The first kappa shape index (κ1) is 27.9. The number of rotatable bonds is 13. The number of esters is 2. The van der Waals surface area contributed by atoms with E-state index in [0.717, 1.165) is 0 Å². The highest BCUT2D eigenvalue weighted by Gasteiger charge is 2.15. The van der Waals surface area contributed by atoms with Crippen LogP contribution in [0.5, 0.6) is 11.5 Å². The van der Waals surface area contributed by atoms with Crippen molar-refractivity contribution in [3.8, 4) is 11.5 Å². The maximum atomic E-state index is 11.8. The van der Waals surface area contributed by atoms with Gasteiger partial charge in [-0.2, -0.15) is 0 Å². The Labute approximate surface area is 210 Å². The van der Waals surface area contributed by atoms with Gasteiger partial charge in [-0.05, 0) is 61.7 Å². The van der Waals surface area contributed by atoms with Crippen LogP contribution in [0.2, 0.25) is 0 Å². The number of carbonyl (C=O) groups excluding carboxylic acids is 2. The molecule has 1 N–H and O–H groups in total. The van der Waals surface area contributed by atoms with Crippen molar-refractivity contribution < 1.29 is 38.4 Å². The lowest BCUT2D eigenvalue weighted by Gasteiger charge is -2.14. The zero-order chi connectivity index (χ0) is 26.7. The van der Waals surface area contributed by atoms with Gasteiger partial charge in [0.25, 0.3) is 0 Å². The molecule has 0 amide bonds. The van der Waals surface area contributed by atoms with Gasteiger partial charge in [-0.15, -0.1) is 0 Å². The third-order valence-corrected chi connectivity index (χ3v) is 4.85. The van der Waals surface area contributed by atoms with Crippen LogP contribution in [-0.4, -0.2) is 49.4 Å². The standard InChI is InChI=1S/C28H30O8/c1-18(2)27(31)35-16-14-33-23-10-6-21(7-11-23)25(20(5)26(29)30)22-8-12-24(13-9-22)34-15-17-36-28(32)19(3)4/h6-13H,1,3,14-17H2,2,4-5H3,(H,29,30). The van der Waals surface area contributed by atoms with Gasteiger partial charge in [0.05, 0.1) is 0 Å². The van der Waals surface area contributed by atoms with Crippen molar-refractivity contribution >= 4 is 23.5 Å². The van der Waals surface area contributed by atoms with Crippen molar-refractivity contribution in [2.45, 2.75) is 20.8 Å². The molecule has 0 radical (unpaired) electrons. The van der Waals surface area contributed by atoms with Crippen LogP contribution >= 0.6 is 0 Å². The molecule has 2 aromatic rings. The zero-order valence-electron chi connectivity index (χ0n) is 20.7. The molecule has 0 aromatic heterocycles. The predicted octanol–water partition coefficient (Wildman–Crippen LogP) is 4.59. The third kappa shape index (κ3) is 8.47. The fourth-order valence-electron chi connectivity index (χ4n) is 2.98. The molecule has 0 heterocycles. The fourth-order valence-corrected chi connectivity index (χ4v) is 2.98. The van der Waals surface area contributed by atoms with E-state index in [1.54, 1.807) is 69.3 Å². The molecule has 0 saturated heterocycles. The number of carboxylic acids is 1. The lowest BCUT2D eigenvalue weighted by molar-refractivity contribution is -0.140. The molecule has 2 rings (SSSR count). The summed E-state index contributed by atoms with van der Waals surface area (Å²) >= 11 is 0. The molecular weight excluding hydrogens is 464 g/mol. The smallest absolute Gasteiger partial charge is 0.333 e. The minimum absolute atomic E-state index is 0.0848. The minimum atomic E-state index is -1.04. The molecule has 36 heavy (non-hydrogen) atoms. The Bertz CT molecular complexity index is 1060. The first-order chi connectivity index (χ1) is 17.1. The molecule has 0 aliphatic heterocycles. The van der Waals surface area contributed by atoms with Crippen molar-refractivity contribution in [1.29, 1.82) is 0 Å². The third-order valence-electron chi connectivity index (χ3n) is 4.85. The summed E-state index contributed by atoms with van der Waals surface area (Å²) in [5.74, 6) is -0.891. The van der Waals surface area contributed by atoms with E-state index in [1.807, 2.05) is 0 Å². The summed E-state index contributed by atoms with van der Waals surface area (Å²) in [6, 6.07) is 13.9. The minimum Gasteiger partial charge on any atom is -0.490 e. The van der Waals surface area contributed by atoms with Gasteiger partial charge < -0.3 is 24.1 Å². The van der Waals surface area contributed by atoms with Gasteiger partial charge in [0, 0.05) is 16.7 Å². The lowest BCUT2D eigenvalue weighted by atomic mass is 9.93. The van der Waals surface area contributed by atoms with Crippen LogP contribution in [0.3, 0.4) is 0 Å². The highest BCUT2D eigenvalue weighted by Crippen LogP contribution is 2.30. The lowest BCUT2D eigenvalue weighted by Crippen LogP contribution is -2.12. The van der Waals surface area contributed by atoms with E-state index >= 15 is 0 Å². The first-order valence-corrected chi connectivity index (χ1v) is 11.2. The van der Waals surface area contributed by atoms with Crippen LogP contribution < -0.4 is 9.47 Å². The molecule has 0 spiro atoms. The number of carboxylic acid groups (broad SMARTS) is 1. The number of hydrogen-bond donors (Lipinski definition) is 1. The van der Waals surface area contributed by atoms with Crippen LogP contribution in [0.1, 0.15) is 31.9 Å². The SMILES string of the molecule is C=C(C)C(=O)OCCOc1ccc(C(=C(C)C(=O)O)c2ccc(OCCOC(=O)C(=C)C)cc2)cc1. The maximum Gasteiger partial charge on any atom is 0.333 e. The van der Waals surface area contributed by atoms with Crippen molar-refractivity contribution in [1.82, 2.24) is 0 Å². The van der Waals surface area contributed by atoms with Crippen molar-refractivity contribution in [2.75, 3.05) is 26.4 Å². The molecule has 0 bridgehead atoms. The second-order valence-electron chi connectivity index (χ2n) is 7.88. The van der Waals surface area contributed by atoms with Gasteiger partial charge >= 0.3 is 17.9 Å². The quantitative estimate of drug-likeness (QED) is 0.245. The summed E-state index contributed by atoms with van der Waals surface area (Å²) in [7, 11) is 0. The van der Waals surface area contributed by atoms with Crippen LogP contribution in [0, 0.1) is 0 Å². The Hall–Kier alpha value is -4.33. The average Bonchev–Trinajstić information content (AvgIpc) is 2.85. The van der Waals surface area contributed by atoms with Crippen molar-refractivity contribution in [2.24, 2.45) is 0 Å². The van der Waals surface area contributed by atoms with Gasteiger partial charge in [0.2, 0.25) is 0 Å². The number of aliphatic carboxylic acids is 1. The van der Waals surface area contributed by atoms with Gasteiger partial charge in [0.1, 0.15) is 37.9 Å². The number of carbonyl (C=O) groups is 3. The Kier molecular flexibility index (Phi) is 10.5. The number of hydrogen-bond acceptors (Lipinski definition) is 7. The maximum absolute atomic E-state index is 11.8. The second-order valence-corrected chi connectivity index (χ2v) is 7.88. The van der Waals surface area contributed by atoms with Gasteiger partial charge in [-0.1, -0.05) is 37.4 Å². The summed E-state index contributed by atoms with van der Waals surface area (Å²) in [6.07, 6.45) is 0. The molecule has 8 heteroatoms. The summed E-state index contributed by atoms with van der Waals surface area (Å²) in [4.78, 5) is 34.6. The summed E-state index contributed by atoms with van der Waals surface area (Å²) < 4.78 is 21.1. The van der Waals surface area contributed by atoms with Gasteiger partial charge in [-0.25, -0.2) is 14.4 Å². The van der Waals surface area contributed by atoms with Gasteiger partial charge in [0.15, 0.2) is 0 Å².